The van der Waals surface area contributed by atoms with Gasteiger partial charge in [-0.3, -0.25) is 0 Å². The van der Waals surface area contributed by atoms with Crippen LogP contribution in [-0.2, 0) is 6.54 Å². The van der Waals surface area contributed by atoms with E-state index in [1.807, 2.05) is 6.07 Å². The fourth-order valence-corrected chi connectivity index (χ4v) is 1.21. The molecular formula is C10H16ClNO. The molecular weight excluding hydrogens is 186 g/mol. The van der Waals surface area contributed by atoms with Crippen molar-refractivity contribution in [2.45, 2.75) is 26.8 Å². The van der Waals surface area contributed by atoms with Crippen molar-refractivity contribution >= 4 is 11.6 Å². The summed E-state index contributed by atoms with van der Waals surface area (Å²) in [6, 6.07) is 3.66. The third kappa shape index (κ3) is 4.34. The van der Waals surface area contributed by atoms with Crippen LogP contribution in [0.1, 0.15) is 26.0 Å². The van der Waals surface area contributed by atoms with Gasteiger partial charge in [0.1, 0.15) is 5.76 Å². The molecule has 3 heteroatoms. The lowest BCUT2D eigenvalue weighted by atomic mass is 10.1. The molecule has 0 aliphatic heterocycles. The van der Waals surface area contributed by atoms with E-state index in [2.05, 4.69) is 19.2 Å². The normalized spacial score (nSPS) is 11.1. The van der Waals surface area contributed by atoms with E-state index in [1.54, 1.807) is 6.07 Å². The SMILES string of the molecule is CC(C)CCNCc1ccc(Cl)o1. The minimum absolute atomic E-state index is 0.459. The second-order valence-electron chi connectivity index (χ2n) is 3.57. The van der Waals surface area contributed by atoms with Gasteiger partial charge in [-0.15, -0.1) is 0 Å². The number of rotatable bonds is 5. The lowest BCUT2D eigenvalue weighted by molar-refractivity contribution is 0.468. The standard InChI is InChI=1S/C10H16ClNO/c1-8(2)5-6-12-7-9-3-4-10(11)13-9/h3-4,8,12H,5-7H2,1-2H3. The molecule has 0 saturated heterocycles. The maximum absolute atomic E-state index is 5.63. The minimum Gasteiger partial charge on any atom is -0.448 e. The molecule has 1 aromatic heterocycles. The molecule has 0 bridgehead atoms. The van der Waals surface area contributed by atoms with E-state index in [9.17, 15) is 0 Å². The molecule has 0 amide bonds. The Morgan fingerprint density at radius 1 is 1.46 bits per heavy atom. The van der Waals surface area contributed by atoms with Gasteiger partial charge in [-0.05, 0) is 42.6 Å². The molecule has 13 heavy (non-hydrogen) atoms. The summed E-state index contributed by atoms with van der Waals surface area (Å²) in [4.78, 5) is 0. The molecule has 1 aromatic rings. The first-order valence-corrected chi connectivity index (χ1v) is 5.01. The third-order valence-electron chi connectivity index (χ3n) is 1.83. The predicted molar refractivity (Wildman–Crippen MR) is 54.9 cm³/mol. The van der Waals surface area contributed by atoms with Crippen LogP contribution in [0.3, 0.4) is 0 Å². The van der Waals surface area contributed by atoms with Gasteiger partial charge >= 0.3 is 0 Å². The predicted octanol–water partition coefficient (Wildman–Crippen LogP) is 3.07. The van der Waals surface area contributed by atoms with E-state index in [0.717, 1.165) is 24.8 Å². The van der Waals surface area contributed by atoms with Gasteiger partial charge in [-0.25, -0.2) is 0 Å². The lowest BCUT2D eigenvalue weighted by Crippen LogP contribution is -2.15. The maximum Gasteiger partial charge on any atom is 0.193 e. The molecule has 0 aliphatic carbocycles. The largest absolute Gasteiger partial charge is 0.448 e. The average molecular weight is 202 g/mol. The minimum atomic E-state index is 0.459. The van der Waals surface area contributed by atoms with Crippen molar-refractivity contribution in [1.29, 1.82) is 0 Å². The monoisotopic (exact) mass is 201 g/mol. The van der Waals surface area contributed by atoms with Gasteiger partial charge in [0.25, 0.3) is 0 Å². The fourth-order valence-electron chi connectivity index (χ4n) is 1.05. The first-order chi connectivity index (χ1) is 6.18. The van der Waals surface area contributed by atoms with Crippen LogP contribution >= 0.6 is 11.6 Å². The van der Waals surface area contributed by atoms with Gasteiger partial charge in [0.2, 0.25) is 0 Å². The van der Waals surface area contributed by atoms with Crippen molar-refractivity contribution in [3.8, 4) is 0 Å². The van der Waals surface area contributed by atoms with Crippen molar-refractivity contribution in [2.24, 2.45) is 5.92 Å². The van der Waals surface area contributed by atoms with E-state index >= 15 is 0 Å². The Bertz CT molecular complexity index is 245. The van der Waals surface area contributed by atoms with Gasteiger partial charge in [-0.1, -0.05) is 13.8 Å². The molecule has 0 radical (unpaired) electrons. The fraction of sp³-hybridized carbons (Fsp3) is 0.600. The number of hydrogen-bond acceptors (Lipinski definition) is 2. The Morgan fingerprint density at radius 3 is 2.77 bits per heavy atom. The average Bonchev–Trinajstić information content (AvgIpc) is 2.45. The van der Waals surface area contributed by atoms with Crippen LogP contribution in [0.2, 0.25) is 5.22 Å². The van der Waals surface area contributed by atoms with Crippen LogP contribution < -0.4 is 5.32 Å². The zero-order valence-electron chi connectivity index (χ0n) is 8.14. The molecule has 1 N–H and O–H groups in total. The Morgan fingerprint density at radius 2 is 2.23 bits per heavy atom. The molecule has 1 rings (SSSR count). The van der Waals surface area contributed by atoms with E-state index in [4.69, 9.17) is 16.0 Å². The highest BCUT2D eigenvalue weighted by Gasteiger charge is 1.98. The van der Waals surface area contributed by atoms with Crippen molar-refractivity contribution in [3.05, 3.63) is 23.1 Å². The molecule has 0 fully saturated rings. The lowest BCUT2D eigenvalue weighted by Gasteiger charge is -2.04. The van der Waals surface area contributed by atoms with Crippen LogP contribution in [0.5, 0.6) is 0 Å². The zero-order chi connectivity index (χ0) is 9.68. The molecule has 0 unspecified atom stereocenters. The summed E-state index contributed by atoms with van der Waals surface area (Å²) in [5.74, 6) is 1.64. The first kappa shape index (κ1) is 10.6. The molecule has 0 spiro atoms. The first-order valence-electron chi connectivity index (χ1n) is 4.63. The highest BCUT2D eigenvalue weighted by atomic mass is 35.5. The molecule has 1 heterocycles. The summed E-state index contributed by atoms with van der Waals surface area (Å²) in [5.41, 5.74) is 0. The van der Waals surface area contributed by atoms with Gasteiger partial charge in [0.15, 0.2) is 5.22 Å². The number of furan rings is 1. The van der Waals surface area contributed by atoms with Crippen LogP contribution in [0.15, 0.2) is 16.5 Å². The van der Waals surface area contributed by atoms with Crippen LogP contribution in [0, 0.1) is 5.92 Å². The van der Waals surface area contributed by atoms with Gasteiger partial charge in [0.05, 0.1) is 6.54 Å². The second kappa shape index (κ2) is 5.30. The van der Waals surface area contributed by atoms with Crippen LogP contribution in [0.25, 0.3) is 0 Å². The van der Waals surface area contributed by atoms with E-state index in [0.29, 0.717) is 5.22 Å². The molecule has 0 aromatic carbocycles. The highest BCUT2D eigenvalue weighted by Crippen LogP contribution is 2.12. The highest BCUT2D eigenvalue weighted by molar-refractivity contribution is 6.28. The summed E-state index contributed by atoms with van der Waals surface area (Å²) in [6.07, 6.45) is 1.19. The second-order valence-corrected chi connectivity index (χ2v) is 3.94. The Hall–Kier alpha value is -0.470. The number of hydrogen-bond donors (Lipinski definition) is 1. The molecule has 0 aliphatic rings. The molecule has 0 atom stereocenters. The zero-order valence-corrected chi connectivity index (χ0v) is 8.90. The van der Waals surface area contributed by atoms with E-state index < -0.39 is 0 Å². The quantitative estimate of drug-likeness (QED) is 0.741. The molecule has 2 nitrogen and oxygen atoms in total. The molecule has 0 saturated carbocycles. The number of nitrogens with one attached hydrogen (secondary N) is 1. The Balaban J connectivity index is 2.13. The van der Waals surface area contributed by atoms with Crippen molar-refractivity contribution in [1.82, 2.24) is 5.32 Å². The van der Waals surface area contributed by atoms with Crippen LogP contribution in [0.4, 0.5) is 0 Å². The Kier molecular flexibility index (Phi) is 4.33. The third-order valence-corrected chi connectivity index (χ3v) is 2.03. The van der Waals surface area contributed by atoms with E-state index in [-0.39, 0.29) is 0 Å². The summed E-state index contributed by atoms with van der Waals surface area (Å²) in [5, 5.41) is 3.75. The van der Waals surface area contributed by atoms with Gasteiger partial charge < -0.3 is 9.73 Å². The molecule has 74 valence electrons. The van der Waals surface area contributed by atoms with Gasteiger partial charge in [-0.2, -0.15) is 0 Å². The van der Waals surface area contributed by atoms with Crippen LogP contribution in [-0.4, -0.2) is 6.54 Å². The summed E-state index contributed by atoms with van der Waals surface area (Å²) in [6.45, 7) is 6.21. The summed E-state index contributed by atoms with van der Waals surface area (Å²) in [7, 11) is 0. The number of halogens is 1. The smallest absolute Gasteiger partial charge is 0.193 e. The Labute approximate surface area is 84.3 Å². The van der Waals surface area contributed by atoms with E-state index in [1.165, 1.54) is 6.42 Å². The van der Waals surface area contributed by atoms with Crippen molar-refractivity contribution < 1.29 is 4.42 Å². The van der Waals surface area contributed by atoms with Crippen molar-refractivity contribution in [2.75, 3.05) is 6.54 Å². The summed E-state index contributed by atoms with van der Waals surface area (Å²) >= 11 is 5.63. The van der Waals surface area contributed by atoms with Gasteiger partial charge in [0, 0.05) is 0 Å². The topological polar surface area (TPSA) is 25.2 Å². The maximum atomic E-state index is 5.63. The van der Waals surface area contributed by atoms with Crippen molar-refractivity contribution in [3.63, 3.8) is 0 Å². The summed E-state index contributed by atoms with van der Waals surface area (Å²) < 4.78 is 5.19.